The zero-order chi connectivity index (χ0) is 14.6. The summed E-state index contributed by atoms with van der Waals surface area (Å²) in [6, 6.07) is 5.71. The van der Waals surface area contributed by atoms with E-state index in [2.05, 4.69) is 12.2 Å². The van der Waals surface area contributed by atoms with E-state index < -0.39 is 15.7 Å². The third-order valence-corrected chi connectivity index (χ3v) is 5.78. The molecular weight excluding hydrogens is 277 g/mol. The van der Waals surface area contributed by atoms with Gasteiger partial charge in [-0.05, 0) is 49.9 Å². The molecule has 20 heavy (non-hydrogen) atoms. The molecule has 0 radical (unpaired) electrons. The van der Waals surface area contributed by atoms with Crippen molar-refractivity contribution < 1.29 is 12.8 Å². The molecule has 1 saturated carbocycles. The lowest BCUT2D eigenvalue weighted by Gasteiger charge is -2.20. The molecule has 5 heteroatoms. The lowest BCUT2D eigenvalue weighted by atomic mass is 10.0. The first-order chi connectivity index (χ1) is 9.53. The van der Waals surface area contributed by atoms with Crippen LogP contribution < -0.4 is 5.32 Å². The van der Waals surface area contributed by atoms with Crippen LogP contribution in [0.2, 0.25) is 0 Å². The molecule has 2 rings (SSSR count). The summed E-state index contributed by atoms with van der Waals surface area (Å²) in [5, 5.41) is 3.42. The standard InChI is InChI=1S/C15H22FNO2S/c1-2-17-15-8-3-5-12(15)9-10-20(18,19)14-7-4-6-13(16)11-14/h4,6-7,11-12,15,17H,2-3,5,8-10H2,1H3. The van der Waals surface area contributed by atoms with Crippen molar-refractivity contribution in [2.24, 2.45) is 5.92 Å². The number of rotatable bonds is 6. The van der Waals surface area contributed by atoms with E-state index in [0.717, 1.165) is 31.9 Å². The lowest BCUT2D eigenvalue weighted by molar-refractivity contribution is 0.398. The zero-order valence-electron chi connectivity index (χ0n) is 11.8. The van der Waals surface area contributed by atoms with Crippen molar-refractivity contribution in [3.05, 3.63) is 30.1 Å². The molecule has 0 aliphatic heterocycles. The van der Waals surface area contributed by atoms with Crippen molar-refractivity contribution in [2.75, 3.05) is 12.3 Å². The summed E-state index contributed by atoms with van der Waals surface area (Å²) in [6.07, 6.45) is 4.01. The molecule has 0 heterocycles. The third kappa shape index (κ3) is 3.79. The minimum atomic E-state index is -3.38. The maximum absolute atomic E-state index is 13.1. The van der Waals surface area contributed by atoms with Gasteiger partial charge in [-0.25, -0.2) is 12.8 Å². The van der Waals surface area contributed by atoms with E-state index in [1.54, 1.807) is 0 Å². The molecule has 1 aliphatic rings. The van der Waals surface area contributed by atoms with Gasteiger partial charge < -0.3 is 5.32 Å². The fourth-order valence-electron chi connectivity index (χ4n) is 3.00. The summed E-state index contributed by atoms with van der Waals surface area (Å²) in [5.41, 5.74) is 0. The number of hydrogen-bond donors (Lipinski definition) is 1. The Morgan fingerprint density at radius 3 is 2.85 bits per heavy atom. The highest BCUT2D eigenvalue weighted by Crippen LogP contribution is 2.29. The molecule has 0 bridgehead atoms. The predicted molar refractivity (Wildman–Crippen MR) is 77.9 cm³/mol. The molecule has 1 aromatic carbocycles. The molecule has 112 valence electrons. The molecule has 2 atom stereocenters. The van der Waals surface area contributed by atoms with Crippen LogP contribution in [0.3, 0.4) is 0 Å². The second-order valence-corrected chi connectivity index (χ2v) is 7.53. The van der Waals surface area contributed by atoms with E-state index in [-0.39, 0.29) is 10.6 Å². The van der Waals surface area contributed by atoms with Crippen molar-refractivity contribution in [3.63, 3.8) is 0 Å². The van der Waals surface area contributed by atoms with Gasteiger partial charge in [-0.15, -0.1) is 0 Å². The van der Waals surface area contributed by atoms with E-state index >= 15 is 0 Å². The quantitative estimate of drug-likeness (QED) is 0.878. The molecular formula is C15H22FNO2S. The van der Waals surface area contributed by atoms with Crippen molar-refractivity contribution in [2.45, 2.75) is 43.5 Å². The van der Waals surface area contributed by atoms with E-state index in [1.807, 2.05) is 0 Å². The van der Waals surface area contributed by atoms with Crippen LogP contribution >= 0.6 is 0 Å². The van der Waals surface area contributed by atoms with Crippen molar-refractivity contribution in [1.82, 2.24) is 5.32 Å². The minimum Gasteiger partial charge on any atom is -0.314 e. The van der Waals surface area contributed by atoms with E-state index in [0.29, 0.717) is 18.4 Å². The molecule has 0 saturated heterocycles. The Labute approximate surface area is 120 Å². The second-order valence-electron chi connectivity index (χ2n) is 5.42. The molecule has 0 aromatic heterocycles. The summed E-state index contributed by atoms with van der Waals surface area (Å²) < 4.78 is 37.6. The average Bonchev–Trinajstić information content (AvgIpc) is 2.84. The Bertz CT molecular complexity index is 545. The highest BCUT2D eigenvalue weighted by molar-refractivity contribution is 7.91. The highest BCUT2D eigenvalue weighted by atomic mass is 32.2. The van der Waals surface area contributed by atoms with Crippen LogP contribution in [0.1, 0.15) is 32.6 Å². The van der Waals surface area contributed by atoms with Gasteiger partial charge in [0.05, 0.1) is 10.6 Å². The SMILES string of the molecule is CCNC1CCCC1CCS(=O)(=O)c1cccc(F)c1. The topological polar surface area (TPSA) is 46.2 Å². The predicted octanol–water partition coefficient (Wildman–Crippen LogP) is 2.77. The molecule has 3 nitrogen and oxygen atoms in total. The Kier molecular flexibility index (Phi) is 5.16. The molecule has 1 N–H and O–H groups in total. The van der Waals surface area contributed by atoms with E-state index in [4.69, 9.17) is 0 Å². The van der Waals surface area contributed by atoms with Crippen LogP contribution in [0, 0.1) is 11.7 Å². The molecule has 1 fully saturated rings. The first-order valence-corrected chi connectivity index (χ1v) is 8.90. The van der Waals surface area contributed by atoms with Gasteiger partial charge in [0.25, 0.3) is 0 Å². The van der Waals surface area contributed by atoms with Crippen LogP contribution in [0.15, 0.2) is 29.2 Å². The van der Waals surface area contributed by atoms with Gasteiger partial charge in [0, 0.05) is 6.04 Å². The smallest absolute Gasteiger partial charge is 0.178 e. The van der Waals surface area contributed by atoms with Gasteiger partial charge in [-0.1, -0.05) is 19.4 Å². The maximum atomic E-state index is 13.1. The molecule has 0 spiro atoms. The fourth-order valence-corrected chi connectivity index (χ4v) is 4.42. The first-order valence-electron chi connectivity index (χ1n) is 7.24. The van der Waals surface area contributed by atoms with Crippen molar-refractivity contribution in [1.29, 1.82) is 0 Å². The molecule has 1 aromatic rings. The van der Waals surface area contributed by atoms with Gasteiger partial charge in [0.2, 0.25) is 0 Å². The minimum absolute atomic E-state index is 0.0931. The van der Waals surface area contributed by atoms with Crippen LogP contribution in [0.5, 0.6) is 0 Å². The average molecular weight is 299 g/mol. The normalized spacial score (nSPS) is 23.1. The Balaban J connectivity index is 1.99. The number of nitrogens with one attached hydrogen (secondary N) is 1. The van der Waals surface area contributed by atoms with Crippen LogP contribution in [0.4, 0.5) is 4.39 Å². The summed E-state index contributed by atoms with van der Waals surface area (Å²) in [7, 11) is -3.38. The van der Waals surface area contributed by atoms with Gasteiger partial charge in [-0.3, -0.25) is 0 Å². The summed E-state index contributed by atoms with van der Waals surface area (Å²) in [6.45, 7) is 2.98. The number of benzene rings is 1. The number of halogens is 1. The Morgan fingerprint density at radius 1 is 1.35 bits per heavy atom. The third-order valence-electron chi connectivity index (χ3n) is 4.04. The fraction of sp³-hybridized carbons (Fsp3) is 0.600. The lowest BCUT2D eigenvalue weighted by Crippen LogP contribution is -2.33. The Morgan fingerprint density at radius 2 is 2.15 bits per heavy atom. The van der Waals surface area contributed by atoms with Gasteiger partial charge in [0.15, 0.2) is 9.84 Å². The number of hydrogen-bond acceptors (Lipinski definition) is 3. The maximum Gasteiger partial charge on any atom is 0.178 e. The van der Waals surface area contributed by atoms with Gasteiger partial charge >= 0.3 is 0 Å². The summed E-state index contributed by atoms with van der Waals surface area (Å²) >= 11 is 0. The van der Waals surface area contributed by atoms with Crippen molar-refractivity contribution >= 4 is 9.84 Å². The molecule has 1 aliphatic carbocycles. The highest BCUT2D eigenvalue weighted by Gasteiger charge is 2.28. The van der Waals surface area contributed by atoms with Crippen LogP contribution in [-0.4, -0.2) is 26.8 Å². The summed E-state index contributed by atoms with van der Waals surface area (Å²) in [4.78, 5) is 0.0931. The molecule has 0 amide bonds. The van der Waals surface area contributed by atoms with Gasteiger partial charge in [0.1, 0.15) is 5.82 Å². The van der Waals surface area contributed by atoms with Crippen molar-refractivity contribution in [3.8, 4) is 0 Å². The second kappa shape index (κ2) is 6.68. The van der Waals surface area contributed by atoms with Crippen LogP contribution in [-0.2, 0) is 9.84 Å². The Hall–Kier alpha value is -0.940. The van der Waals surface area contributed by atoms with Crippen LogP contribution in [0.25, 0.3) is 0 Å². The van der Waals surface area contributed by atoms with Gasteiger partial charge in [-0.2, -0.15) is 0 Å². The van der Waals surface area contributed by atoms with E-state index in [9.17, 15) is 12.8 Å². The monoisotopic (exact) mass is 299 g/mol. The zero-order valence-corrected chi connectivity index (χ0v) is 12.6. The first kappa shape index (κ1) is 15.4. The molecule has 2 unspecified atom stereocenters. The number of sulfone groups is 1. The largest absolute Gasteiger partial charge is 0.314 e. The van der Waals surface area contributed by atoms with E-state index in [1.165, 1.54) is 18.2 Å². The summed E-state index contributed by atoms with van der Waals surface area (Å²) in [5.74, 6) is 0.0129.